The van der Waals surface area contributed by atoms with Crippen molar-refractivity contribution in [3.63, 3.8) is 0 Å². The molecule has 2 saturated carbocycles. The van der Waals surface area contributed by atoms with Crippen LogP contribution in [0.3, 0.4) is 0 Å². The van der Waals surface area contributed by atoms with Crippen LogP contribution in [0.25, 0.3) is 0 Å². The molecular weight excluding hydrogens is 354 g/mol. The molecule has 0 radical (unpaired) electrons. The lowest BCUT2D eigenvalue weighted by atomic mass is 9.67. The highest BCUT2D eigenvalue weighted by Crippen LogP contribution is 2.64. The third-order valence-corrected chi connectivity index (χ3v) is 7.12. The third kappa shape index (κ3) is 2.35. The van der Waals surface area contributed by atoms with E-state index in [4.69, 9.17) is 9.47 Å². The SMILES string of the molecule is COc1cccc([C@@H]2Nc3c(C(=O)O)cccc3[C@@H]3[C@H]4CC[C@@H](C4)[C@@H]32)c1OC. The van der Waals surface area contributed by atoms with E-state index in [0.717, 1.165) is 17.0 Å². The molecule has 2 aliphatic carbocycles. The fourth-order valence-corrected chi connectivity index (χ4v) is 6.16. The van der Waals surface area contributed by atoms with Crippen molar-refractivity contribution >= 4 is 11.7 Å². The highest BCUT2D eigenvalue weighted by Gasteiger charge is 2.54. The molecule has 28 heavy (non-hydrogen) atoms. The fourth-order valence-electron chi connectivity index (χ4n) is 6.16. The molecule has 1 aliphatic heterocycles. The smallest absolute Gasteiger partial charge is 0.337 e. The molecule has 5 nitrogen and oxygen atoms in total. The Morgan fingerprint density at radius 3 is 2.54 bits per heavy atom. The Bertz CT molecular complexity index is 940. The molecule has 2 aromatic rings. The number of para-hydroxylation sites is 2. The molecule has 2 N–H and O–H groups in total. The van der Waals surface area contributed by atoms with Gasteiger partial charge in [0.05, 0.1) is 31.5 Å². The van der Waals surface area contributed by atoms with E-state index in [9.17, 15) is 9.90 Å². The van der Waals surface area contributed by atoms with E-state index in [1.165, 1.54) is 24.8 Å². The molecule has 0 saturated heterocycles. The second kappa shape index (κ2) is 6.43. The van der Waals surface area contributed by atoms with Gasteiger partial charge < -0.3 is 19.9 Å². The molecule has 5 rings (SSSR count). The van der Waals surface area contributed by atoms with Gasteiger partial charge in [-0.2, -0.15) is 0 Å². The van der Waals surface area contributed by atoms with E-state index in [0.29, 0.717) is 35.0 Å². The van der Waals surface area contributed by atoms with Crippen molar-refractivity contribution < 1.29 is 19.4 Å². The summed E-state index contributed by atoms with van der Waals surface area (Å²) in [5, 5.41) is 13.4. The van der Waals surface area contributed by atoms with Crippen LogP contribution < -0.4 is 14.8 Å². The molecule has 2 bridgehead atoms. The monoisotopic (exact) mass is 379 g/mol. The van der Waals surface area contributed by atoms with Crippen molar-refractivity contribution in [3.05, 3.63) is 53.1 Å². The van der Waals surface area contributed by atoms with Crippen LogP contribution >= 0.6 is 0 Å². The summed E-state index contributed by atoms with van der Waals surface area (Å²) in [7, 11) is 3.31. The number of carbonyl (C=O) groups is 1. The maximum atomic E-state index is 11.9. The van der Waals surface area contributed by atoms with Gasteiger partial charge in [0.2, 0.25) is 0 Å². The number of benzene rings is 2. The standard InChI is InChI=1S/C23H25NO4/c1-27-17-8-4-6-15(22(17)28-2)21-19-13-10-9-12(11-13)18(19)14-5-3-7-16(23(25)26)20(14)24-21/h3-8,12-13,18-19,21,24H,9-11H2,1-2H3,(H,25,26)/t12-,13-,18-,19-,21-/m0/s1. The van der Waals surface area contributed by atoms with E-state index in [1.807, 2.05) is 18.2 Å². The van der Waals surface area contributed by atoms with Gasteiger partial charge in [-0.25, -0.2) is 4.79 Å². The largest absolute Gasteiger partial charge is 0.493 e. The molecule has 0 spiro atoms. The zero-order chi connectivity index (χ0) is 19.4. The van der Waals surface area contributed by atoms with Crippen LogP contribution in [0.1, 0.15) is 52.7 Å². The quantitative estimate of drug-likeness (QED) is 0.806. The van der Waals surface area contributed by atoms with Crippen molar-refractivity contribution in [2.75, 3.05) is 19.5 Å². The summed E-state index contributed by atoms with van der Waals surface area (Å²) in [6, 6.07) is 11.7. The topological polar surface area (TPSA) is 67.8 Å². The number of hydrogen-bond acceptors (Lipinski definition) is 4. The van der Waals surface area contributed by atoms with E-state index >= 15 is 0 Å². The molecule has 5 heteroatoms. The summed E-state index contributed by atoms with van der Waals surface area (Å²) in [5.74, 6) is 2.69. The van der Waals surface area contributed by atoms with E-state index in [1.54, 1.807) is 20.3 Å². The number of anilines is 1. The van der Waals surface area contributed by atoms with Crippen LogP contribution in [0.2, 0.25) is 0 Å². The number of carboxylic acids is 1. The van der Waals surface area contributed by atoms with Gasteiger partial charge in [0.25, 0.3) is 0 Å². The molecule has 0 aromatic heterocycles. The minimum Gasteiger partial charge on any atom is -0.493 e. The van der Waals surface area contributed by atoms with Crippen molar-refractivity contribution in [2.24, 2.45) is 17.8 Å². The zero-order valence-electron chi connectivity index (χ0n) is 16.1. The van der Waals surface area contributed by atoms with Crippen LogP contribution in [-0.2, 0) is 0 Å². The van der Waals surface area contributed by atoms with Crippen LogP contribution in [0.5, 0.6) is 11.5 Å². The number of rotatable bonds is 4. The predicted octanol–water partition coefficient (Wildman–Crippen LogP) is 4.70. The minimum absolute atomic E-state index is 0.0124. The van der Waals surface area contributed by atoms with Crippen molar-refractivity contribution in [1.82, 2.24) is 0 Å². The van der Waals surface area contributed by atoms with Gasteiger partial charge >= 0.3 is 5.97 Å². The summed E-state index contributed by atoms with van der Waals surface area (Å²) >= 11 is 0. The maximum absolute atomic E-state index is 11.9. The van der Waals surface area contributed by atoms with Gasteiger partial charge in [-0.1, -0.05) is 24.3 Å². The first-order valence-corrected chi connectivity index (χ1v) is 9.97. The number of nitrogens with one attached hydrogen (secondary N) is 1. The lowest BCUT2D eigenvalue weighted by Crippen LogP contribution is -2.36. The van der Waals surface area contributed by atoms with Crippen LogP contribution in [0.4, 0.5) is 5.69 Å². The zero-order valence-corrected chi connectivity index (χ0v) is 16.1. The van der Waals surface area contributed by atoms with E-state index in [2.05, 4.69) is 17.4 Å². The first kappa shape index (κ1) is 17.4. The highest BCUT2D eigenvalue weighted by molar-refractivity contribution is 5.95. The summed E-state index contributed by atoms with van der Waals surface area (Å²) < 4.78 is 11.3. The Morgan fingerprint density at radius 1 is 1.04 bits per heavy atom. The Labute approximate surface area is 164 Å². The van der Waals surface area contributed by atoms with E-state index < -0.39 is 5.97 Å². The lowest BCUT2D eigenvalue weighted by molar-refractivity contribution is 0.0697. The number of aromatic carboxylic acids is 1. The summed E-state index contributed by atoms with van der Waals surface area (Å²) in [5.41, 5.74) is 3.36. The molecule has 2 aromatic carbocycles. The van der Waals surface area contributed by atoms with Crippen molar-refractivity contribution in [2.45, 2.75) is 31.2 Å². The van der Waals surface area contributed by atoms with Crippen LogP contribution in [0.15, 0.2) is 36.4 Å². The lowest BCUT2D eigenvalue weighted by Gasteiger charge is -2.44. The fraction of sp³-hybridized carbons (Fsp3) is 0.435. The molecule has 5 atom stereocenters. The van der Waals surface area contributed by atoms with Gasteiger partial charge in [-0.3, -0.25) is 0 Å². The maximum Gasteiger partial charge on any atom is 0.337 e. The normalized spacial score (nSPS) is 29.6. The Balaban J connectivity index is 1.70. The molecule has 3 aliphatic rings. The molecular formula is C23H25NO4. The second-order valence-corrected chi connectivity index (χ2v) is 8.22. The number of hydrogen-bond donors (Lipinski definition) is 2. The average molecular weight is 379 g/mol. The highest BCUT2D eigenvalue weighted by atomic mass is 16.5. The van der Waals surface area contributed by atoms with Crippen molar-refractivity contribution in [3.8, 4) is 11.5 Å². The second-order valence-electron chi connectivity index (χ2n) is 8.22. The van der Waals surface area contributed by atoms with Gasteiger partial charge in [-0.15, -0.1) is 0 Å². The summed E-state index contributed by atoms with van der Waals surface area (Å²) in [6.07, 6.45) is 3.73. The van der Waals surface area contributed by atoms with Gasteiger partial charge in [0.1, 0.15) is 0 Å². The summed E-state index contributed by atoms with van der Waals surface area (Å²) in [4.78, 5) is 11.9. The first-order chi connectivity index (χ1) is 13.6. The van der Waals surface area contributed by atoms with Crippen LogP contribution in [0, 0.1) is 17.8 Å². The average Bonchev–Trinajstić information content (AvgIpc) is 3.34. The van der Waals surface area contributed by atoms with Crippen molar-refractivity contribution in [1.29, 1.82) is 0 Å². The van der Waals surface area contributed by atoms with Gasteiger partial charge in [0.15, 0.2) is 11.5 Å². The number of carboxylic acid groups (broad SMARTS) is 1. The Morgan fingerprint density at radius 2 is 1.79 bits per heavy atom. The number of ether oxygens (including phenoxy) is 2. The Hall–Kier alpha value is -2.69. The predicted molar refractivity (Wildman–Crippen MR) is 106 cm³/mol. The van der Waals surface area contributed by atoms with Gasteiger partial charge in [0, 0.05) is 5.56 Å². The number of fused-ring (bicyclic) bond motifs is 7. The molecule has 0 amide bonds. The number of methoxy groups -OCH3 is 2. The molecule has 146 valence electrons. The molecule has 2 fully saturated rings. The summed E-state index contributed by atoms with van der Waals surface area (Å²) in [6.45, 7) is 0. The van der Waals surface area contributed by atoms with Crippen LogP contribution in [-0.4, -0.2) is 25.3 Å². The van der Waals surface area contributed by atoms with E-state index in [-0.39, 0.29) is 6.04 Å². The first-order valence-electron chi connectivity index (χ1n) is 9.97. The minimum atomic E-state index is -0.887. The third-order valence-electron chi connectivity index (χ3n) is 7.12. The van der Waals surface area contributed by atoms with Gasteiger partial charge in [-0.05, 0) is 60.6 Å². The molecule has 1 heterocycles. The Kier molecular flexibility index (Phi) is 4.00. The molecule has 0 unspecified atom stereocenters.